The molecule has 1 unspecified atom stereocenters. The molecule has 0 radical (unpaired) electrons. The fourth-order valence-corrected chi connectivity index (χ4v) is 6.48. The maximum atomic E-state index is 12.2. The lowest BCUT2D eigenvalue weighted by Gasteiger charge is -2.43. The maximum absolute atomic E-state index is 12.2. The van der Waals surface area contributed by atoms with Gasteiger partial charge in [0, 0.05) is 73.7 Å². The van der Waals surface area contributed by atoms with Crippen molar-refractivity contribution < 1.29 is 9.29 Å². The van der Waals surface area contributed by atoms with Crippen LogP contribution >= 0.6 is 0 Å². The van der Waals surface area contributed by atoms with E-state index in [2.05, 4.69) is 75.4 Å². The molecule has 3 aromatic rings. The second-order valence-electron chi connectivity index (χ2n) is 10.8. The smallest absolute Gasteiger partial charge is 0.227 e. The van der Waals surface area contributed by atoms with Gasteiger partial charge in [0.25, 0.3) is 0 Å². The van der Waals surface area contributed by atoms with Crippen LogP contribution in [0.4, 0.5) is 17.5 Å². The molecule has 2 N–H and O–H groups in total. The number of anilines is 3. The topological polar surface area (TPSA) is 102 Å². The van der Waals surface area contributed by atoms with E-state index < -0.39 is 11.4 Å². The molecule has 5 rings (SSSR count). The molecule has 0 bridgehead atoms. The Balaban J connectivity index is 1.18. The summed E-state index contributed by atoms with van der Waals surface area (Å²) < 4.78 is 20.2. The summed E-state index contributed by atoms with van der Waals surface area (Å²) in [5.74, 6) is 1.64. The summed E-state index contributed by atoms with van der Waals surface area (Å²) in [5.41, 5.74) is 7.73. The van der Waals surface area contributed by atoms with Gasteiger partial charge in [-0.25, -0.2) is 15.0 Å². The van der Waals surface area contributed by atoms with Crippen molar-refractivity contribution in [2.45, 2.75) is 58.8 Å². The van der Waals surface area contributed by atoms with E-state index in [9.17, 15) is 4.55 Å². The van der Waals surface area contributed by atoms with Crippen LogP contribution in [0.15, 0.2) is 49.3 Å². The third-order valence-electron chi connectivity index (χ3n) is 7.65. The van der Waals surface area contributed by atoms with Crippen LogP contribution in [0.2, 0.25) is 0 Å². The fraction of sp³-hybridized carbons (Fsp3) is 0.433. The summed E-state index contributed by atoms with van der Waals surface area (Å²) >= 11 is -1.24. The molecule has 2 aliphatic rings. The quantitative estimate of drug-likeness (QED) is 0.338. The van der Waals surface area contributed by atoms with E-state index in [0.29, 0.717) is 36.2 Å². The van der Waals surface area contributed by atoms with Crippen molar-refractivity contribution in [3.05, 3.63) is 77.3 Å². The van der Waals surface area contributed by atoms with Gasteiger partial charge in [0.15, 0.2) is 11.6 Å². The Bertz CT molecular complexity index is 1330. The highest BCUT2D eigenvalue weighted by atomic mass is 32.2. The lowest BCUT2D eigenvalue weighted by atomic mass is 9.95. The summed E-state index contributed by atoms with van der Waals surface area (Å²) in [6.07, 6.45) is 5.81. The maximum Gasteiger partial charge on any atom is 0.227 e. The van der Waals surface area contributed by atoms with Crippen molar-refractivity contribution in [2.24, 2.45) is 0 Å². The number of rotatable bonds is 10. The molecule has 1 aromatic carbocycles. The lowest BCUT2D eigenvalue weighted by molar-refractivity contribution is 0.102. The number of benzene rings is 1. The van der Waals surface area contributed by atoms with Gasteiger partial charge in [-0.1, -0.05) is 12.6 Å². The van der Waals surface area contributed by atoms with Crippen molar-refractivity contribution in [3.63, 3.8) is 0 Å². The van der Waals surface area contributed by atoms with Gasteiger partial charge in [0.1, 0.15) is 0 Å². The highest BCUT2D eigenvalue weighted by molar-refractivity contribution is 7.92. The second-order valence-corrected chi connectivity index (χ2v) is 12.1. The van der Waals surface area contributed by atoms with Gasteiger partial charge in [-0.2, -0.15) is 4.72 Å². The highest BCUT2D eigenvalue weighted by Crippen LogP contribution is 2.33. The number of pyridine rings is 1. The number of likely N-dealkylation sites (tertiary alicyclic amines) is 1. The van der Waals surface area contributed by atoms with Crippen LogP contribution in [0.1, 0.15) is 47.7 Å². The van der Waals surface area contributed by atoms with E-state index in [1.807, 2.05) is 18.3 Å². The third kappa shape index (κ3) is 6.75. The van der Waals surface area contributed by atoms with E-state index in [1.165, 1.54) is 16.7 Å². The van der Waals surface area contributed by atoms with Crippen molar-refractivity contribution in [3.8, 4) is 0 Å². The predicted octanol–water partition coefficient (Wildman–Crippen LogP) is 4.79. The number of hydrogen-bond acceptors (Lipinski definition) is 9. The molecule has 0 saturated carbocycles. The Morgan fingerprint density at radius 1 is 1.18 bits per heavy atom. The Morgan fingerprint density at radius 3 is 2.73 bits per heavy atom. The van der Waals surface area contributed by atoms with Gasteiger partial charge in [0.2, 0.25) is 5.95 Å². The number of aryl methyl sites for hydroxylation is 2. The third-order valence-corrected chi connectivity index (χ3v) is 8.63. The van der Waals surface area contributed by atoms with Crippen LogP contribution in [0.5, 0.6) is 0 Å². The first-order chi connectivity index (χ1) is 19.3. The molecule has 2 aromatic heterocycles. The van der Waals surface area contributed by atoms with Crippen LogP contribution in [-0.4, -0.2) is 67.4 Å². The highest BCUT2D eigenvalue weighted by Gasteiger charge is 2.33. The molecule has 9 nitrogen and oxygen atoms in total. The van der Waals surface area contributed by atoms with Gasteiger partial charge in [-0.05, 0) is 69.0 Å². The number of piperidine rings is 1. The molecule has 0 aliphatic carbocycles. The lowest BCUT2D eigenvalue weighted by Crippen LogP contribution is -2.46. The van der Waals surface area contributed by atoms with Gasteiger partial charge in [0.05, 0.1) is 23.7 Å². The molecule has 4 heterocycles. The molecule has 1 fully saturated rings. The van der Waals surface area contributed by atoms with Gasteiger partial charge < -0.3 is 19.5 Å². The zero-order valence-electron chi connectivity index (χ0n) is 23.8. The van der Waals surface area contributed by atoms with E-state index in [-0.39, 0.29) is 0 Å². The molecule has 10 heteroatoms. The predicted molar refractivity (Wildman–Crippen MR) is 161 cm³/mol. The van der Waals surface area contributed by atoms with Crippen molar-refractivity contribution in [1.82, 2.24) is 24.8 Å². The molecule has 40 heavy (non-hydrogen) atoms. The first-order valence-electron chi connectivity index (χ1n) is 13.8. The van der Waals surface area contributed by atoms with Crippen molar-refractivity contribution in [2.75, 3.05) is 36.1 Å². The Hall–Kier alpha value is -3.18. The standard InChI is InChI=1S/C30H39N7O2S/c1-20-12-21(2)14-26(13-20)33-30-32-17-25-18-36(19-28(25)34-30)27-7-9-37(22(3)15-27)23(4)24-6-8-31-29(16-24)35-40(38)11-10-39-5/h6,8,12-14,16-17,22,27H,4,7,9-11,15,18-19H2,1-3,5H3,(H,31,35)(H,32,33,34)/t22-,27-,40?/m1/s1. The molecule has 2 aliphatic heterocycles. The zero-order chi connectivity index (χ0) is 28.2. The number of fused-ring (bicyclic) bond motifs is 1. The number of nitrogens with one attached hydrogen (secondary N) is 2. The fourth-order valence-electron chi connectivity index (χ4n) is 5.71. The summed E-state index contributed by atoms with van der Waals surface area (Å²) in [4.78, 5) is 18.7. The van der Waals surface area contributed by atoms with Crippen molar-refractivity contribution in [1.29, 1.82) is 0 Å². The second kappa shape index (κ2) is 12.6. The summed E-state index contributed by atoms with van der Waals surface area (Å²) in [7, 11) is 1.60. The number of hydrogen-bond donors (Lipinski definition) is 2. The number of methoxy groups -OCH3 is 1. The summed E-state index contributed by atoms with van der Waals surface area (Å²) in [6.45, 7) is 14.0. The van der Waals surface area contributed by atoms with Crippen LogP contribution < -0.4 is 10.0 Å². The molecule has 212 valence electrons. The minimum atomic E-state index is -1.24. The van der Waals surface area contributed by atoms with Gasteiger partial charge in [-0.15, -0.1) is 0 Å². The van der Waals surface area contributed by atoms with E-state index in [4.69, 9.17) is 9.72 Å². The van der Waals surface area contributed by atoms with E-state index >= 15 is 0 Å². The first kappa shape index (κ1) is 28.4. The molecular formula is C30H39N7O2S. The molecule has 3 atom stereocenters. The normalized spacial score (nSPS) is 19.8. The van der Waals surface area contributed by atoms with Crippen LogP contribution in [0, 0.1) is 13.8 Å². The average molecular weight is 562 g/mol. The Labute approximate surface area is 240 Å². The van der Waals surface area contributed by atoms with E-state index in [0.717, 1.165) is 55.1 Å². The summed E-state index contributed by atoms with van der Waals surface area (Å²) in [5, 5.41) is 3.39. The molecular weight excluding hydrogens is 522 g/mol. The van der Waals surface area contributed by atoms with Crippen LogP contribution in [0.25, 0.3) is 5.70 Å². The monoisotopic (exact) mass is 561 g/mol. The molecule has 1 saturated heterocycles. The minimum absolute atomic E-state index is 0.336. The largest absolute Gasteiger partial charge is 0.593 e. The number of nitrogens with zero attached hydrogens (tertiary/aromatic N) is 5. The first-order valence-corrected chi connectivity index (χ1v) is 15.1. The average Bonchev–Trinajstić information content (AvgIpc) is 3.34. The Kier molecular flexibility index (Phi) is 8.90. The minimum Gasteiger partial charge on any atom is -0.593 e. The van der Waals surface area contributed by atoms with Crippen molar-refractivity contribution >= 4 is 34.5 Å². The van der Waals surface area contributed by atoms with Gasteiger partial charge >= 0.3 is 0 Å². The summed E-state index contributed by atoms with van der Waals surface area (Å²) in [6, 6.07) is 11.1. The van der Waals surface area contributed by atoms with Crippen LogP contribution in [-0.2, 0) is 29.2 Å². The van der Waals surface area contributed by atoms with Gasteiger partial charge in [-0.3, -0.25) is 4.90 Å². The number of ether oxygens (including phenoxy) is 1. The SMILES string of the molecule is C=C(c1ccnc(N[S+]([O-])CCOC)c1)N1CC[C@@H](N2Cc3cnc(Nc4cc(C)cc(C)c4)nc3C2)C[C@H]1C. The van der Waals surface area contributed by atoms with E-state index in [1.54, 1.807) is 13.3 Å². The molecule has 0 spiro atoms. The zero-order valence-corrected chi connectivity index (χ0v) is 24.6. The number of aromatic nitrogens is 3. The van der Waals surface area contributed by atoms with Crippen LogP contribution in [0.3, 0.4) is 0 Å². The Morgan fingerprint density at radius 2 is 1.98 bits per heavy atom. The molecule has 0 amide bonds.